The molecule has 0 saturated heterocycles. The summed E-state index contributed by atoms with van der Waals surface area (Å²) in [7, 11) is 0. The highest BCUT2D eigenvalue weighted by Gasteiger charge is 2.15. The van der Waals surface area contributed by atoms with Crippen molar-refractivity contribution < 1.29 is 4.79 Å². The third-order valence-corrected chi connectivity index (χ3v) is 3.39. The number of ketones is 1. The first kappa shape index (κ1) is 17.7. The van der Waals surface area contributed by atoms with Gasteiger partial charge in [0.05, 0.1) is 0 Å². The molecule has 3 heteroatoms. The molecule has 1 aliphatic carbocycles. The number of Topliss-reactive ketones (excluding diaryl/α,β-unsaturated/α-hetero) is 1. The Balaban J connectivity index is 0.00000289. The van der Waals surface area contributed by atoms with Crippen molar-refractivity contribution in [3.8, 4) is 0 Å². The lowest BCUT2D eigenvalue weighted by Crippen LogP contribution is -2.22. The van der Waals surface area contributed by atoms with Crippen molar-refractivity contribution >= 4 is 22.8 Å². The van der Waals surface area contributed by atoms with Gasteiger partial charge in [-0.15, -0.1) is 17.0 Å². The van der Waals surface area contributed by atoms with Crippen LogP contribution in [0.2, 0.25) is 0 Å². The minimum atomic E-state index is 0. The van der Waals surface area contributed by atoms with Crippen LogP contribution in [0, 0.1) is 0 Å². The zero-order chi connectivity index (χ0) is 12.5. The Hall–Kier alpha value is -0.310. The summed E-state index contributed by atoms with van der Waals surface area (Å²) >= 11 is 0. The lowest BCUT2D eigenvalue weighted by Gasteiger charge is -2.23. The molecular formula is C15H28BrNO. The molecule has 106 valence electrons. The molecule has 18 heavy (non-hydrogen) atoms. The van der Waals surface area contributed by atoms with E-state index in [-0.39, 0.29) is 17.0 Å². The summed E-state index contributed by atoms with van der Waals surface area (Å²) in [5.74, 6) is 0.384. The third kappa shape index (κ3) is 6.58. The van der Waals surface area contributed by atoms with E-state index in [1.807, 2.05) is 0 Å². The number of hydrogen-bond donors (Lipinski definition) is 0. The highest BCUT2D eigenvalue weighted by Crippen LogP contribution is 2.20. The van der Waals surface area contributed by atoms with Crippen molar-refractivity contribution in [3.63, 3.8) is 0 Å². The van der Waals surface area contributed by atoms with Gasteiger partial charge >= 0.3 is 0 Å². The Bertz CT molecular complexity index is 255. The Morgan fingerprint density at radius 3 is 2.11 bits per heavy atom. The van der Waals surface area contributed by atoms with Gasteiger partial charge in [-0.05, 0) is 32.1 Å². The molecule has 0 aromatic rings. The zero-order valence-electron chi connectivity index (χ0n) is 11.9. The van der Waals surface area contributed by atoms with Crippen molar-refractivity contribution in [2.24, 2.45) is 0 Å². The molecule has 1 saturated carbocycles. The van der Waals surface area contributed by atoms with Gasteiger partial charge in [0, 0.05) is 31.3 Å². The van der Waals surface area contributed by atoms with E-state index >= 15 is 0 Å². The van der Waals surface area contributed by atoms with Crippen LogP contribution in [0.4, 0.5) is 0 Å². The smallest absolute Gasteiger partial charge is 0.160 e. The van der Waals surface area contributed by atoms with Crippen LogP contribution in [0.25, 0.3) is 0 Å². The number of allylic oxidation sites excluding steroid dienone is 1. The maximum Gasteiger partial charge on any atom is 0.160 e. The standard InChI is InChI=1S/C15H27NO.BrH/c1-3-5-11-16(12-6-4-2)13-14-9-7-8-10-15(14)17;/h13H,3-12H2,1-2H3;1H. The zero-order valence-corrected chi connectivity index (χ0v) is 13.6. The first-order valence-corrected chi connectivity index (χ1v) is 7.25. The van der Waals surface area contributed by atoms with Crippen LogP contribution in [-0.2, 0) is 4.79 Å². The predicted molar refractivity (Wildman–Crippen MR) is 83.3 cm³/mol. The molecule has 0 spiro atoms. The molecule has 1 fully saturated rings. The van der Waals surface area contributed by atoms with Crippen LogP contribution in [0.3, 0.4) is 0 Å². The number of unbranched alkanes of at least 4 members (excludes halogenated alkanes) is 2. The van der Waals surface area contributed by atoms with E-state index in [1.54, 1.807) is 0 Å². The van der Waals surface area contributed by atoms with Gasteiger partial charge < -0.3 is 4.90 Å². The number of rotatable bonds is 7. The Kier molecular flexibility index (Phi) is 10.4. The fraction of sp³-hybridized carbons (Fsp3) is 0.800. The SMILES string of the molecule is Br.CCCCN(C=C1CCCCC1=O)CCCC. The molecule has 0 atom stereocenters. The molecule has 0 bridgehead atoms. The van der Waals surface area contributed by atoms with Crippen LogP contribution in [0.15, 0.2) is 11.8 Å². The van der Waals surface area contributed by atoms with E-state index in [2.05, 4.69) is 24.9 Å². The van der Waals surface area contributed by atoms with E-state index in [4.69, 9.17) is 0 Å². The molecule has 0 unspecified atom stereocenters. The summed E-state index contributed by atoms with van der Waals surface area (Å²) in [5, 5.41) is 0. The number of carbonyl (C=O) groups is 1. The van der Waals surface area contributed by atoms with Crippen molar-refractivity contribution in [2.75, 3.05) is 13.1 Å². The predicted octanol–water partition coefficient (Wildman–Crippen LogP) is 4.49. The van der Waals surface area contributed by atoms with Crippen LogP contribution < -0.4 is 0 Å². The van der Waals surface area contributed by atoms with Gasteiger partial charge in [-0.1, -0.05) is 26.7 Å². The molecule has 0 amide bonds. The normalized spacial score (nSPS) is 17.7. The summed E-state index contributed by atoms with van der Waals surface area (Å²) in [4.78, 5) is 14.1. The largest absolute Gasteiger partial charge is 0.377 e. The molecule has 1 aliphatic rings. The summed E-state index contributed by atoms with van der Waals surface area (Å²) < 4.78 is 0. The van der Waals surface area contributed by atoms with Crippen LogP contribution in [-0.4, -0.2) is 23.8 Å². The molecule has 0 aromatic heterocycles. The van der Waals surface area contributed by atoms with Crippen LogP contribution in [0.1, 0.15) is 65.2 Å². The van der Waals surface area contributed by atoms with Gasteiger partial charge in [0.1, 0.15) is 0 Å². The fourth-order valence-corrected chi connectivity index (χ4v) is 2.22. The van der Waals surface area contributed by atoms with Gasteiger partial charge in [-0.25, -0.2) is 0 Å². The summed E-state index contributed by atoms with van der Waals surface area (Å²) in [6.07, 6.45) is 11.1. The molecule has 1 rings (SSSR count). The van der Waals surface area contributed by atoms with E-state index in [0.29, 0.717) is 5.78 Å². The minimum Gasteiger partial charge on any atom is -0.377 e. The number of carbonyl (C=O) groups excluding carboxylic acids is 1. The van der Waals surface area contributed by atoms with Gasteiger partial charge in [-0.2, -0.15) is 0 Å². The minimum absolute atomic E-state index is 0. The third-order valence-electron chi connectivity index (χ3n) is 3.39. The van der Waals surface area contributed by atoms with Crippen molar-refractivity contribution in [1.82, 2.24) is 4.90 Å². The topological polar surface area (TPSA) is 20.3 Å². The Morgan fingerprint density at radius 1 is 1.06 bits per heavy atom. The van der Waals surface area contributed by atoms with Crippen LogP contribution >= 0.6 is 17.0 Å². The molecule has 0 heterocycles. The maximum atomic E-state index is 11.8. The monoisotopic (exact) mass is 317 g/mol. The van der Waals surface area contributed by atoms with E-state index in [9.17, 15) is 4.79 Å². The fourth-order valence-electron chi connectivity index (χ4n) is 2.22. The lowest BCUT2D eigenvalue weighted by atomic mass is 9.94. The van der Waals surface area contributed by atoms with Crippen molar-refractivity contribution in [3.05, 3.63) is 11.8 Å². The second-order valence-electron chi connectivity index (χ2n) is 5.03. The van der Waals surface area contributed by atoms with Crippen molar-refractivity contribution in [2.45, 2.75) is 65.2 Å². The maximum absolute atomic E-state index is 11.8. The number of hydrogen-bond acceptors (Lipinski definition) is 2. The Labute approximate surface area is 123 Å². The first-order chi connectivity index (χ1) is 8.27. The van der Waals surface area contributed by atoms with E-state index in [0.717, 1.165) is 37.9 Å². The van der Waals surface area contributed by atoms with E-state index in [1.165, 1.54) is 32.1 Å². The molecular weight excluding hydrogens is 290 g/mol. The second-order valence-corrected chi connectivity index (χ2v) is 5.03. The molecule has 0 aromatic carbocycles. The van der Waals surface area contributed by atoms with Gasteiger partial charge in [0.25, 0.3) is 0 Å². The summed E-state index contributed by atoms with van der Waals surface area (Å²) in [5.41, 5.74) is 1.07. The number of halogens is 1. The molecule has 0 radical (unpaired) electrons. The van der Waals surface area contributed by atoms with E-state index < -0.39 is 0 Å². The molecule has 0 N–H and O–H groups in total. The number of nitrogens with zero attached hydrogens (tertiary/aromatic N) is 1. The van der Waals surface area contributed by atoms with Gasteiger partial charge in [-0.3, -0.25) is 4.79 Å². The van der Waals surface area contributed by atoms with Gasteiger partial charge in [0.2, 0.25) is 0 Å². The van der Waals surface area contributed by atoms with Crippen LogP contribution in [0.5, 0.6) is 0 Å². The summed E-state index contributed by atoms with van der Waals surface area (Å²) in [6, 6.07) is 0. The average molecular weight is 318 g/mol. The quantitative estimate of drug-likeness (QED) is 0.645. The lowest BCUT2D eigenvalue weighted by molar-refractivity contribution is -0.116. The second kappa shape index (κ2) is 10.6. The van der Waals surface area contributed by atoms with Gasteiger partial charge in [0.15, 0.2) is 5.78 Å². The average Bonchev–Trinajstić information content (AvgIpc) is 2.35. The first-order valence-electron chi connectivity index (χ1n) is 7.25. The highest BCUT2D eigenvalue weighted by molar-refractivity contribution is 8.93. The van der Waals surface area contributed by atoms with Crippen molar-refractivity contribution in [1.29, 1.82) is 0 Å². The molecule has 0 aliphatic heterocycles. The highest BCUT2D eigenvalue weighted by atomic mass is 79.9. The Morgan fingerprint density at radius 2 is 1.61 bits per heavy atom. The molecule has 2 nitrogen and oxygen atoms in total. The summed E-state index contributed by atoms with van der Waals surface area (Å²) in [6.45, 7) is 6.65.